The molecule has 1 aromatic heterocycles. The molecule has 0 radical (unpaired) electrons. The lowest BCUT2D eigenvalue weighted by molar-refractivity contribution is 0.146. The zero-order valence-electron chi connectivity index (χ0n) is 10.3. The van der Waals surface area contributed by atoms with Crippen LogP contribution in [0.3, 0.4) is 0 Å². The number of hydrogen-bond donors (Lipinski definition) is 1. The van der Waals surface area contributed by atoms with E-state index in [0.29, 0.717) is 10.6 Å². The molecular formula is C12H19BrF2N2. The standard InChI is InChI=1S/C6H4BrF2N.C6H15N/c7-5-3-1-2-4(10-5)6(8)9;1-5(2)4-6(3)7/h1-3,6H;5-6H,4,7H2,1-3H3. The van der Waals surface area contributed by atoms with Crippen LogP contribution in [0.1, 0.15) is 39.3 Å². The normalized spacial score (nSPS) is 12.3. The van der Waals surface area contributed by atoms with Crippen molar-refractivity contribution in [2.24, 2.45) is 11.7 Å². The second-order valence-corrected chi connectivity index (χ2v) is 5.11. The second-order valence-electron chi connectivity index (χ2n) is 4.29. The van der Waals surface area contributed by atoms with Gasteiger partial charge in [0.25, 0.3) is 6.43 Å². The maximum absolute atomic E-state index is 11.9. The van der Waals surface area contributed by atoms with Gasteiger partial charge in [-0.2, -0.15) is 0 Å². The van der Waals surface area contributed by atoms with Crippen molar-refractivity contribution in [1.29, 1.82) is 0 Å². The molecule has 0 fully saturated rings. The van der Waals surface area contributed by atoms with Gasteiger partial charge in [-0.15, -0.1) is 0 Å². The van der Waals surface area contributed by atoms with E-state index < -0.39 is 6.43 Å². The van der Waals surface area contributed by atoms with Gasteiger partial charge >= 0.3 is 0 Å². The third-order valence-electron chi connectivity index (χ3n) is 1.80. The Morgan fingerprint density at radius 1 is 1.29 bits per heavy atom. The van der Waals surface area contributed by atoms with Gasteiger partial charge in [0.1, 0.15) is 10.3 Å². The zero-order chi connectivity index (χ0) is 13.4. The lowest BCUT2D eigenvalue weighted by atomic mass is 10.1. The molecule has 2 nitrogen and oxygen atoms in total. The Hall–Kier alpha value is -0.550. The molecule has 1 heterocycles. The van der Waals surface area contributed by atoms with E-state index in [1.54, 1.807) is 6.07 Å². The summed E-state index contributed by atoms with van der Waals surface area (Å²) in [6.07, 6.45) is -1.35. The monoisotopic (exact) mass is 308 g/mol. The minimum atomic E-state index is -2.49. The Bertz CT molecular complexity index is 311. The molecule has 0 saturated heterocycles. The van der Waals surface area contributed by atoms with Crippen LogP contribution in [0.25, 0.3) is 0 Å². The van der Waals surface area contributed by atoms with Gasteiger partial charge in [0.05, 0.1) is 0 Å². The molecule has 0 amide bonds. The van der Waals surface area contributed by atoms with E-state index in [2.05, 4.69) is 34.8 Å². The molecule has 1 unspecified atom stereocenters. The first kappa shape index (κ1) is 16.4. The van der Waals surface area contributed by atoms with Crippen LogP contribution in [-0.2, 0) is 0 Å². The number of halogens is 3. The Labute approximate surface area is 110 Å². The number of nitrogens with zero attached hydrogens (tertiary/aromatic N) is 1. The van der Waals surface area contributed by atoms with Crippen LogP contribution in [0, 0.1) is 5.92 Å². The summed E-state index contributed by atoms with van der Waals surface area (Å²) in [7, 11) is 0. The fraction of sp³-hybridized carbons (Fsp3) is 0.583. The maximum Gasteiger partial charge on any atom is 0.280 e. The lowest BCUT2D eigenvalue weighted by Gasteiger charge is -2.05. The van der Waals surface area contributed by atoms with Crippen LogP contribution < -0.4 is 5.73 Å². The highest BCUT2D eigenvalue weighted by Crippen LogP contribution is 2.17. The van der Waals surface area contributed by atoms with Crippen LogP contribution in [0.15, 0.2) is 22.8 Å². The summed E-state index contributed by atoms with van der Waals surface area (Å²) in [5.74, 6) is 0.750. The average molecular weight is 309 g/mol. The third-order valence-corrected chi connectivity index (χ3v) is 2.25. The summed E-state index contributed by atoms with van der Waals surface area (Å²) in [5.41, 5.74) is 5.29. The number of alkyl halides is 2. The molecule has 2 N–H and O–H groups in total. The van der Waals surface area contributed by atoms with Crippen molar-refractivity contribution in [2.75, 3.05) is 0 Å². The van der Waals surface area contributed by atoms with Gasteiger partial charge in [-0.25, -0.2) is 13.8 Å². The van der Waals surface area contributed by atoms with Crippen molar-refractivity contribution in [3.63, 3.8) is 0 Å². The Morgan fingerprint density at radius 2 is 1.88 bits per heavy atom. The molecule has 5 heteroatoms. The molecule has 0 bridgehead atoms. The molecule has 0 aliphatic carbocycles. The van der Waals surface area contributed by atoms with E-state index in [9.17, 15) is 8.78 Å². The first-order chi connectivity index (χ1) is 7.82. The molecule has 0 aliphatic heterocycles. The SMILES string of the molecule is CC(C)CC(C)N.FC(F)c1cccc(Br)n1. The summed E-state index contributed by atoms with van der Waals surface area (Å²) in [6, 6.07) is 4.79. The molecule has 1 aromatic rings. The highest BCUT2D eigenvalue weighted by molar-refractivity contribution is 9.10. The van der Waals surface area contributed by atoms with E-state index in [1.807, 2.05) is 6.92 Å². The van der Waals surface area contributed by atoms with Gasteiger partial charge in [0, 0.05) is 6.04 Å². The van der Waals surface area contributed by atoms with E-state index in [1.165, 1.54) is 12.1 Å². The van der Waals surface area contributed by atoms with Gasteiger partial charge in [-0.1, -0.05) is 19.9 Å². The smallest absolute Gasteiger partial charge is 0.280 e. The van der Waals surface area contributed by atoms with Crippen molar-refractivity contribution >= 4 is 15.9 Å². The molecule has 1 rings (SSSR count). The zero-order valence-corrected chi connectivity index (χ0v) is 11.9. The Balaban J connectivity index is 0.000000325. The van der Waals surface area contributed by atoms with Crippen molar-refractivity contribution < 1.29 is 8.78 Å². The molecule has 0 aromatic carbocycles. The first-order valence-electron chi connectivity index (χ1n) is 5.49. The summed E-state index contributed by atoms with van der Waals surface area (Å²) in [5, 5.41) is 0. The van der Waals surface area contributed by atoms with Gasteiger partial charge in [0.2, 0.25) is 0 Å². The topological polar surface area (TPSA) is 38.9 Å². The van der Waals surface area contributed by atoms with Crippen LogP contribution in [0.5, 0.6) is 0 Å². The van der Waals surface area contributed by atoms with Crippen molar-refractivity contribution in [3.05, 3.63) is 28.5 Å². The molecule has 0 aliphatic rings. The number of rotatable bonds is 3. The predicted molar refractivity (Wildman–Crippen MR) is 70.0 cm³/mol. The van der Waals surface area contributed by atoms with E-state index in [-0.39, 0.29) is 5.69 Å². The fourth-order valence-electron chi connectivity index (χ4n) is 1.29. The van der Waals surface area contributed by atoms with Gasteiger partial charge in [-0.05, 0) is 47.3 Å². The predicted octanol–water partition coefficient (Wildman–Crippen LogP) is 4.16. The average Bonchev–Trinajstić information content (AvgIpc) is 2.16. The van der Waals surface area contributed by atoms with E-state index in [0.717, 1.165) is 12.3 Å². The van der Waals surface area contributed by atoms with Crippen LogP contribution >= 0.6 is 15.9 Å². The van der Waals surface area contributed by atoms with Crippen molar-refractivity contribution in [1.82, 2.24) is 4.98 Å². The van der Waals surface area contributed by atoms with Crippen LogP contribution in [0.4, 0.5) is 8.78 Å². The number of nitrogens with two attached hydrogens (primary N) is 1. The molecule has 17 heavy (non-hydrogen) atoms. The quantitative estimate of drug-likeness (QED) is 0.851. The van der Waals surface area contributed by atoms with E-state index in [4.69, 9.17) is 5.73 Å². The number of aromatic nitrogens is 1. The molecule has 0 spiro atoms. The minimum Gasteiger partial charge on any atom is -0.328 e. The molecule has 1 atom stereocenters. The summed E-state index contributed by atoms with van der Waals surface area (Å²) < 4.78 is 24.2. The first-order valence-corrected chi connectivity index (χ1v) is 6.28. The van der Waals surface area contributed by atoms with E-state index >= 15 is 0 Å². The summed E-state index contributed by atoms with van der Waals surface area (Å²) in [6.45, 7) is 6.41. The number of pyridine rings is 1. The third kappa shape index (κ3) is 9.18. The van der Waals surface area contributed by atoms with Crippen LogP contribution in [-0.4, -0.2) is 11.0 Å². The van der Waals surface area contributed by atoms with Crippen LogP contribution in [0.2, 0.25) is 0 Å². The molecule has 98 valence electrons. The highest BCUT2D eigenvalue weighted by atomic mass is 79.9. The minimum absolute atomic E-state index is 0.200. The fourth-order valence-corrected chi connectivity index (χ4v) is 1.65. The Morgan fingerprint density at radius 3 is 2.12 bits per heavy atom. The lowest BCUT2D eigenvalue weighted by Crippen LogP contribution is -2.16. The van der Waals surface area contributed by atoms with Crippen molar-refractivity contribution in [2.45, 2.75) is 39.7 Å². The van der Waals surface area contributed by atoms with Gasteiger partial charge < -0.3 is 5.73 Å². The summed E-state index contributed by atoms with van der Waals surface area (Å²) in [4.78, 5) is 3.54. The maximum atomic E-state index is 11.9. The molecule has 0 saturated carbocycles. The van der Waals surface area contributed by atoms with Gasteiger partial charge in [0.15, 0.2) is 0 Å². The summed E-state index contributed by atoms with van der Waals surface area (Å²) >= 11 is 2.99. The van der Waals surface area contributed by atoms with Crippen molar-refractivity contribution in [3.8, 4) is 0 Å². The highest BCUT2D eigenvalue weighted by Gasteiger charge is 2.07. The Kier molecular flexibility index (Phi) is 8.25. The second kappa shape index (κ2) is 8.53. The van der Waals surface area contributed by atoms with Gasteiger partial charge in [-0.3, -0.25) is 0 Å². The largest absolute Gasteiger partial charge is 0.328 e. The number of hydrogen-bond acceptors (Lipinski definition) is 2. The molecular weight excluding hydrogens is 290 g/mol.